The lowest BCUT2D eigenvalue weighted by Crippen LogP contribution is -2.23. The van der Waals surface area contributed by atoms with E-state index in [1.54, 1.807) is 6.26 Å². The summed E-state index contributed by atoms with van der Waals surface area (Å²) in [4.78, 5) is 0. The van der Waals surface area contributed by atoms with Crippen molar-refractivity contribution in [3.63, 3.8) is 0 Å². The van der Waals surface area contributed by atoms with Crippen LogP contribution in [0.2, 0.25) is 0 Å². The Hall–Kier alpha value is -0.320. The normalized spacial score (nSPS) is 12.9. The predicted molar refractivity (Wildman–Crippen MR) is 68.2 cm³/mol. The number of furan rings is 1. The lowest BCUT2D eigenvalue weighted by Gasteiger charge is -2.15. The van der Waals surface area contributed by atoms with Crippen molar-refractivity contribution in [1.82, 2.24) is 5.32 Å². The second-order valence-corrected chi connectivity index (χ2v) is 4.84. The van der Waals surface area contributed by atoms with Crippen LogP contribution in [0.5, 0.6) is 0 Å². The number of hydrogen-bond donors (Lipinski definition) is 2. The van der Waals surface area contributed by atoms with Gasteiger partial charge in [-0.05, 0) is 47.3 Å². The number of rotatable bonds is 8. The summed E-state index contributed by atoms with van der Waals surface area (Å²) in [5.41, 5.74) is 0. The van der Waals surface area contributed by atoms with Gasteiger partial charge in [0.15, 0.2) is 0 Å². The first-order valence-corrected chi connectivity index (χ1v) is 6.60. The first kappa shape index (κ1) is 13.7. The van der Waals surface area contributed by atoms with Gasteiger partial charge in [0.25, 0.3) is 0 Å². The summed E-state index contributed by atoms with van der Waals surface area (Å²) in [7, 11) is 0. The summed E-state index contributed by atoms with van der Waals surface area (Å²) in [5, 5.41) is 12.3. The van der Waals surface area contributed by atoms with E-state index < -0.39 is 0 Å². The molecule has 1 aromatic heterocycles. The Morgan fingerprint density at radius 1 is 1.50 bits per heavy atom. The zero-order valence-corrected chi connectivity index (χ0v) is 11.3. The molecule has 0 saturated heterocycles. The molecule has 0 bridgehead atoms. The van der Waals surface area contributed by atoms with E-state index in [0.29, 0.717) is 5.92 Å². The maximum absolute atomic E-state index is 8.94. The molecule has 0 amide bonds. The van der Waals surface area contributed by atoms with Crippen molar-refractivity contribution < 1.29 is 9.52 Å². The average Bonchev–Trinajstić information content (AvgIpc) is 2.65. The third-order valence-electron chi connectivity index (χ3n) is 2.64. The van der Waals surface area contributed by atoms with E-state index in [0.717, 1.165) is 42.6 Å². The molecule has 4 heteroatoms. The SMILES string of the molecule is CCCC(CCO)CNCc1occc1Br. The summed E-state index contributed by atoms with van der Waals surface area (Å²) >= 11 is 3.42. The van der Waals surface area contributed by atoms with Crippen molar-refractivity contribution >= 4 is 15.9 Å². The van der Waals surface area contributed by atoms with Crippen molar-refractivity contribution in [1.29, 1.82) is 0 Å². The predicted octanol–water partition coefficient (Wildman–Crippen LogP) is 2.93. The molecular formula is C12H20BrNO2. The number of aliphatic hydroxyl groups is 1. The fraction of sp³-hybridized carbons (Fsp3) is 0.667. The van der Waals surface area contributed by atoms with Gasteiger partial charge in [-0.25, -0.2) is 0 Å². The molecule has 1 rings (SSSR count). The van der Waals surface area contributed by atoms with Gasteiger partial charge in [0.2, 0.25) is 0 Å². The number of aliphatic hydroxyl groups excluding tert-OH is 1. The molecule has 2 N–H and O–H groups in total. The zero-order chi connectivity index (χ0) is 11.8. The minimum absolute atomic E-state index is 0.275. The molecule has 0 fully saturated rings. The summed E-state index contributed by atoms with van der Waals surface area (Å²) < 4.78 is 6.32. The zero-order valence-electron chi connectivity index (χ0n) is 9.71. The highest BCUT2D eigenvalue weighted by Crippen LogP contribution is 2.17. The van der Waals surface area contributed by atoms with Crippen molar-refractivity contribution in [2.75, 3.05) is 13.2 Å². The van der Waals surface area contributed by atoms with Crippen LogP contribution < -0.4 is 5.32 Å². The van der Waals surface area contributed by atoms with Gasteiger partial charge in [-0.15, -0.1) is 0 Å². The molecule has 0 aliphatic carbocycles. The minimum Gasteiger partial charge on any atom is -0.467 e. The lowest BCUT2D eigenvalue weighted by molar-refractivity contribution is 0.247. The first-order valence-electron chi connectivity index (χ1n) is 5.81. The maximum atomic E-state index is 8.94. The fourth-order valence-electron chi connectivity index (χ4n) is 1.78. The van der Waals surface area contributed by atoms with Crippen molar-refractivity contribution in [2.45, 2.75) is 32.7 Å². The summed E-state index contributed by atoms with van der Waals surface area (Å²) in [5.74, 6) is 1.49. The highest BCUT2D eigenvalue weighted by molar-refractivity contribution is 9.10. The van der Waals surface area contributed by atoms with Crippen molar-refractivity contribution in [3.8, 4) is 0 Å². The van der Waals surface area contributed by atoms with Crippen LogP contribution in [0.15, 0.2) is 21.2 Å². The lowest BCUT2D eigenvalue weighted by atomic mass is 10.0. The Balaban J connectivity index is 2.24. The largest absolute Gasteiger partial charge is 0.467 e. The highest BCUT2D eigenvalue weighted by Gasteiger charge is 2.08. The van der Waals surface area contributed by atoms with Gasteiger partial charge in [0.05, 0.1) is 17.3 Å². The van der Waals surface area contributed by atoms with Crippen molar-refractivity contribution in [2.24, 2.45) is 5.92 Å². The summed E-state index contributed by atoms with van der Waals surface area (Å²) in [6, 6.07) is 1.90. The van der Waals surface area contributed by atoms with Crippen LogP contribution in [-0.2, 0) is 6.54 Å². The van der Waals surface area contributed by atoms with Crippen LogP contribution in [0.4, 0.5) is 0 Å². The molecule has 1 atom stereocenters. The monoisotopic (exact) mass is 289 g/mol. The van der Waals surface area contributed by atoms with Gasteiger partial charge in [-0.1, -0.05) is 13.3 Å². The van der Waals surface area contributed by atoms with Crippen LogP contribution in [0.25, 0.3) is 0 Å². The Morgan fingerprint density at radius 3 is 2.88 bits per heavy atom. The molecular weight excluding hydrogens is 270 g/mol. The van der Waals surface area contributed by atoms with Gasteiger partial charge in [-0.2, -0.15) is 0 Å². The van der Waals surface area contributed by atoms with Crippen LogP contribution in [0.1, 0.15) is 31.9 Å². The standard InChI is InChI=1S/C12H20BrNO2/c1-2-3-10(4-6-15)8-14-9-12-11(13)5-7-16-12/h5,7,10,14-15H,2-4,6,8-9H2,1H3. The second kappa shape index (κ2) is 7.87. The van der Waals surface area contributed by atoms with E-state index in [-0.39, 0.29) is 6.61 Å². The molecule has 0 spiro atoms. The Bertz CT molecular complexity index is 282. The maximum Gasteiger partial charge on any atom is 0.131 e. The number of nitrogens with one attached hydrogen (secondary N) is 1. The molecule has 0 saturated carbocycles. The Kier molecular flexibility index (Phi) is 6.76. The quantitative estimate of drug-likeness (QED) is 0.773. The molecule has 0 aromatic carbocycles. The molecule has 0 aliphatic heterocycles. The van der Waals surface area contributed by atoms with Crippen LogP contribution in [0.3, 0.4) is 0 Å². The smallest absolute Gasteiger partial charge is 0.131 e. The Morgan fingerprint density at radius 2 is 2.31 bits per heavy atom. The topological polar surface area (TPSA) is 45.4 Å². The van der Waals surface area contributed by atoms with Gasteiger partial charge < -0.3 is 14.8 Å². The van der Waals surface area contributed by atoms with Gasteiger partial charge in [0.1, 0.15) is 5.76 Å². The minimum atomic E-state index is 0.275. The molecule has 1 heterocycles. The molecule has 1 unspecified atom stereocenters. The first-order chi connectivity index (χ1) is 7.77. The molecule has 1 aromatic rings. The molecule has 0 radical (unpaired) electrons. The highest BCUT2D eigenvalue weighted by atomic mass is 79.9. The van der Waals surface area contributed by atoms with Crippen LogP contribution >= 0.6 is 15.9 Å². The third-order valence-corrected chi connectivity index (χ3v) is 3.35. The molecule has 92 valence electrons. The molecule has 16 heavy (non-hydrogen) atoms. The summed E-state index contributed by atoms with van der Waals surface area (Å²) in [6.45, 7) is 4.12. The fourth-order valence-corrected chi connectivity index (χ4v) is 2.12. The van der Waals surface area contributed by atoms with E-state index in [2.05, 4.69) is 28.2 Å². The van der Waals surface area contributed by atoms with Gasteiger partial charge in [-0.3, -0.25) is 0 Å². The Labute approximate surface area is 105 Å². The van der Waals surface area contributed by atoms with Crippen molar-refractivity contribution in [3.05, 3.63) is 22.6 Å². The average molecular weight is 290 g/mol. The van der Waals surface area contributed by atoms with E-state index in [4.69, 9.17) is 9.52 Å². The van der Waals surface area contributed by atoms with Crippen LogP contribution in [0, 0.1) is 5.92 Å². The van der Waals surface area contributed by atoms with E-state index in [1.165, 1.54) is 0 Å². The van der Waals surface area contributed by atoms with E-state index in [1.807, 2.05) is 6.07 Å². The number of halogens is 1. The van der Waals surface area contributed by atoms with Crippen LogP contribution in [-0.4, -0.2) is 18.3 Å². The molecule has 0 aliphatic rings. The van der Waals surface area contributed by atoms with Gasteiger partial charge in [0, 0.05) is 6.61 Å². The van der Waals surface area contributed by atoms with E-state index >= 15 is 0 Å². The van der Waals surface area contributed by atoms with Gasteiger partial charge >= 0.3 is 0 Å². The second-order valence-electron chi connectivity index (χ2n) is 3.99. The number of hydrogen-bond acceptors (Lipinski definition) is 3. The van der Waals surface area contributed by atoms with E-state index in [9.17, 15) is 0 Å². The molecule has 3 nitrogen and oxygen atoms in total. The summed E-state index contributed by atoms with van der Waals surface area (Å²) in [6.07, 6.45) is 4.88. The third kappa shape index (κ3) is 4.68.